The van der Waals surface area contributed by atoms with E-state index in [-0.39, 0.29) is 17.1 Å². The topological polar surface area (TPSA) is 67.4 Å². The van der Waals surface area contributed by atoms with Gasteiger partial charge in [0.25, 0.3) is 0 Å². The van der Waals surface area contributed by atoms with Crippen molar-refractivity contribution in [3.05, 3.63) is 48.0 Å². The van der Waals surface area contributed by atoms with Gasteiger partial charge in [0.05, 0.1) is 24.1 Å². The number of amides is 2. The minimum Gasteiger partial charge on any atom is -0.497 e. The Hall–Kier alpha value is -2.68. The number of rotatable bonds is 6. The lowest BCUT2D eigenvalue weighted by Crippen LogP contribution is -2.18. The number of carbonyl (C=O) groups excluding carboxylic acids is 2. The summed E-state index contributed by atoms with van der Waals surface area (Å²) in [7, 11) is 1.53. The molecule has 5 nitrogen and oxygen atoms in total. The molecule has 0 heterocycles. The molecule has 0 aromatic heterocycles. The maximum absolute atomic E-state index is 13.3. The second-order valence-electron chi connectivity index (χ2n) is 5.45. The third-order valence-corrected chi connectivity index (χ3v) is 4.36. The molecule has 2 rings (SSSR count). The second kappa shape index (κ2) is 8.81. The molecule has 144 valence electrons. The lowest BCUT2D eigenvalue weighted by atomic mass is 10.1. The maximum atomic E-state index is 13.3. The monoisotopic (exact) mass is 398 g/mol. The molecular weight excluding hydrogens is 381 g/mol. The number of halogens is 3. The Morgan fingerprint density at radius 3 is 2.30 bits per heavy atom. The van der Waals surface area contributed by atoms with Crippen molar-refractivity contribution in [1.29, 1.82) is 0 Å². The molecular formula is C18H17F3N2O3S. The lowest BCUT2D eigenvalue weighted by Gasteiger charge is -2.15. The van der Waals surface area contributed by atoms with E-state index in [1.807, 2.05) is 0 Å². The van der Waals surface area contributed by atoms with E-state index in [0.29, 0.717) is 5.75 Å². The van der Waals surface area contributed by atoms with E-state index in [1.54, 1.807) is 24.3 Å². The van der Waals surface area contributed by atoms with Gasteiger partial charge < -0.3 is 15.4 Å². The highest BCUT2D eigenvalue weighted by molar-refractivity contribution is 8.00. The summed E-state index contributed by atoms with van der Waals surface area (Å²) in [5, 5.41) is 4.56. The van der Waals surface area contributed by atoms with E-state index >= 15 is 0 Å². The largest absolute Gasteiger partial charge is 0.497 e. The Morgan fingerprint density at radius 2 is 1.74 bits per heavy atom. The second-order valence-corrected chi connectivity index (χ2v) is 6.50. The number of methoxy groups -OCH3 is 1. The summed E-state index contributed by atoms with van der Waals surface area (Å²) in [6.07, 6.45) is -4.68. The number of thioether (sulfide) groups is 1. The van der Waals surface area contributed by atoms with Crippen molar-refractivity contribution in [2.75, 3.05) is 23.5 Å². The van der Waals surface area contributed by atoms with Gasteiger partial charge in [0.15, 0.2) is 0 Å². The molecule has 0 saturated heterocycles. The molecule has 0 saturated carbocycles. The molecule has 0 fully saturated rings. The van der Waals surface area contributed by atoms with Gasteiger partial charge in [-0.3, -0.25) is 9.59 Å². The Morgan fingerprint density at radius 1 is 1.07 bits per heavy atom. The highest BCUT2D eigenvalue weighted by Crippen LogP contribution is 2.36. The van der Waals surface area contributed by atoms with Crippen molar-refractivity contribution in [3.8, 4) is 5.75 Å². The Bertz CT molecular complexity index is 824. The minimum absolute atomic E-state index is 0.000400. The lowest BCUT2D eigenvalue weighted by molar-refractivity contribution is -0.137. The fraction of sp³-hybridized carbons (Fsp3) is 0.222. The first-order valence-corrected chi connectivity index (χ1v) is 8.73. The molecule has 0 aliphatic rings. The first kappa shape index (κ1) is 20.6. The summed E-state index contributed by atoms with van der Waals surface area (Å²) in [5.41, 5.74) is -1.39. The average molecular weight is 398 g/mol. The van der Waals surface area contributed by atoms with E-state index in [9.17, 15) is 22.8 Å². The molecule has 2 aromatic carbocycles. The number of nitrogens with one attached hydrogen (secondary N) is 2. The fourth-order valence-electron chi connectivity index (χ4n) is 2.18. The van der Waals surface area contributed by atoms with E-state index in [1.165, 1.54) is 31.9 Å². The van der Waals surface area contributed by atoms with E-state index in [2.05, 4.69) is 10.6 Å². The zero-order valence-corrected chi connectivity index (χ0v) is 15.3. The highest BCUT2D eigenvalue weighted by Gasteiger charge is 2.34. The fourth-order valence-corrected chi connectivity index (χ4v) is 2.87. The summed E-state index contributed by atoms with van der Waals surface area (Å²) in [5.74, 6) is -0.459. The van der Waals surface area contributed by atoms with E-state index < -0.39 is 23.6 Å². The van der Waals surface area contributed by atoms with Crippen LogP contribution in [0.3, 0.4) is 0 Å². The Balaban J connectivity index is 2.07. The number of hydrogen-bond donors (Lipinski definition) is 2. The first-order chi connectivity index (χ1) is 12.7. The van der Waals surface area contributed by atoms with Gasteiger partial charge in [0, 0.05) is 17.5 Å². The van der Waals surface area contributed by atoms with Crippen LogP contribution in [0.5, 0.6) is 5.75 Å². The first-order valence-electron chi connectivity index (χ1n) is 7.74. The number of anilines is 2. The Kier molecular flexibility index (Phi) is 6.73. The van der Waals surface area contributed by atoms with Crippen LogP contribution in [0.15, 0.2) is 47.4 Å². The van der Waals surface area contributed by atoms with Crippen molar-refractivity contribution < 1.29 is 27.5 Å². The number of ether oxygens (including phenoxy) is 1. The number of carbonyl (C=O) groups is 2. The quantitative estimate of drug-likeness (QED) is 0.708. The van der Waals surface area contributed by atoms with Gasteiger partial charge in [-0.2, -0.15) is 13.2 Å². The summed E-state index contributed by atoms with van der Waals surface area (Å²) in [6.45, 7) is 1.19. The SMILES string of the molecule is COc1ccc(SCC(=O)Nc2ccc(NC(C)=O)cc2C(F)(F)F)cc1. The minimum atomic E-state index is -4.68. The smallest absolute Gasteiger partial charge is 0.418 e. The molecule has 0 unspecified atom stereocenters. The molecule has 0 bridgehead atoms. The third kappa shape index (κ3) is 6.21. The van der Waals surface area contributed by atoms with Crippen molar-refractivity contribution in [3.63, 3.8) is 0 Å². The van der Waals surface area contributed by atoms with E-state index in [0.717, 1.165) is 17.0 Å². The summed E-state index contributed by atoms with van der Waals surface area (Å²) in [4.78, 5) is 23.9. The van der Waals surface area contributed by atoms with Gasteiger partial charge >= 0.3 is 6.18 Å². The van der Waals surface area contributed by atoms with Crippen molar-refractivity contribution >= 4 is 35.0 Å². The predicted molar refractivity (Wildman–Crippen MR) is 98.1 cm³/mol. The summed E-state index contributed by atoms with van der Waals surface area (Å²) in [6, 6.07) is 10.1. The molecule has 2 amide bonds. The Labute approximate surface area is 158 Å². The number of benzene rings is 2. The van der Waals surface area contributed by atoms with Gasteiger partial charge in [-0.15, -0.1) is 11.8 Å². The number of alkyl halides is 3. The summed E-state index contributed by atoms with van der Waals surface area (Å²) < 4.78 is 44.8. The average Bonchev–Trinajstić information content (AvgIpc) is 2.60. The van der Waals surface area contributed by atoms with Gasteiger partial charge in [-0.1, -0.05) is 0 Å². The zero-order valence-electron chi connectivity index (χ0n) is 14.5. The van der Waals surface area contributed by atoms with Gasteiger partial charge in [-0.25, -0.2) is 0 Å². The van der Waals surface area contributed by atoms with E-state index in [4.69, 9.17) is 4.74 Å². The highest BCUT2D eigenvalue weighted by atomic mass is 32.2. The molecule has 0 spiro atoms. The molecule has 2 N–H and O–H groups in total. The van der Waals surface area contributed by atoms with Crippen LogP contribution >= 0.6 is 11.8 Å². The predicted octanol–water partition coefficient (Wildman–Crippen LogP) is 4.40. The molecule has 0 aliphatic heterocycles. The van der Waals surface area contributed by atoms with Gasteiger partial charge in [-0.05, 0) is 42.5 Å². The van der Waals surface area contributed by atoms with Crippen LogP contribution in [-0.4, -0.2) is 24.7 Å². The van der Waals surface area contributed by atoms with Gasteiger partial charge in [0.2, 0.25) is 11.8 Å². The zero-order chi connectivity index (χ0) is 20.0. The molecule has 0 radical (unpaired) electrons. The standard InChI is InChI=1S/C18H17F3N2O3S/c1-11(24)22-12-3-8-16(15(9-12)18(19,20)21)23-17(25)10-27-14-6-4-13(26-2)5-7-14/h3-9H,10H2,1-2H3,(H,22,24)(H,23,25). The molecule has 27 heavy (non-hydrogen) atoms. The van der Waals surface area contributed by atoms with Crippen LogP contribution in [0.2, 0.25) is 0 Å². The van der Waals surface area contributed by atoms with Crippen LogP contribution in [0.4, 0.5) is 24.5 Å². The third-order valence-electron chi connectivity index (χ3n) is 3.35. The normalized spacial score (nSPS) is 11.0. The van der Waals surface area contributed by atoms with Crippen LogP contribution in [0, 0.1) is 0 Å². The molecule has 9 heteroatoms. The van der Waals surface area contributed by atoms with Gasteiger partial charge in [0.1, 0.15) is 5.75 Å². The van der Waals surface area contributed by atoms with Crippen LogP contribution in [0.25, 0.3) is 0 Å². The van der Waals surface area contributed by atoms with Crippen molar-refractivity contribution in [2.24, 2.45) is 0 Å². The van der Waals surface area contributed by atoms with Crippen LogP contribution in [0.1, 0.15) is 12.5 Å². The van der Waals surface area contributed by atoms with Crippen molar-refractivity contribution in [1.82, 2.24) is 0 Å². The molecule has 2 aromatic rings. The van der Waals surface area contributed by atoms with Crippen molar-refractivity contribution in [2.45, 2.75) is 18.0 Å². The summed E-state index contributed by atoms with van der Waals surface area (Å²) >= 11 is 1.19. The maximum Gasteiger partial charge on any atom is 0.418 e. The number of hydrogen-bond acceptors (Lipinski definition) is 4. The van der Waals surface area contributed by atoms with Crippen LogP contribution in [-0.2, 0) is 15.8 Å². The molecule has 0 aliphatic carbocycles. The van der Waals surface area contributed by atoms with Crippen LogP contribution < -0.4 is 15.4 Å². The molecule has 0 atom stereocenters.